The van der Waals surface area contributed by atoms with Gasteiger partial charge in [-0.25, -0.2) is 0 Å². The van der Waals surface area contributed by atoms with E-state index in [2.05, 4.69) is 21.2 Å². The molecule has 0 saturated heterocycles. The molecule has 0 atom stereocenters. The minimum atomic E-state index is -0.195. The molecule has 116 valence electrons. The van der Waals surface area contributed by atoms with Crippen LogP contribution in [0.25, 0.3) is 0 Å². The van der Waals surface area contributed by atoms with Gasteiger partial charge in [-0.15, -0.1) is 0 Å². The highest BCUT2D eigenvalue weighted by Gasteiger charge is 2.03. The Bertz CT molecular complexity index is 619. The van der Waals surface area contributed by atoms with Crippen LogP contribution in [0.1, 0.15) is 0 Å². The number of benzene rings is 2. The van der Waals surface area contributed by atoms with Gasteiger partial charge in [-0.2, -0.15) is 0 Å². The molecule has 4 nitrogen and oxygen atoms in total. The van der Waals surface area contributed by atoms with Crippen LogP contribution in [0.2, 0.25) is 5.02 Å². The fourth-order valence-corrected chi connectivity index (χ4v) is 2.15. The summed E-state index contributed by atoms with van der Waals surface area (Å²) in [5.74, 6) is 1.16. The second-order valence-corrected chi connectivity index (χ2v) is 5.75. The maximum atomic E-state index is 11.6. The quantitative estimate of drug-likeness (QED) is 0.741. The number of carbonyl (C=O) groups is 1. The van der Waals surface area contributed by atoms with E-state index in [0.29, 0.717) is 29.7 Å². The largest absolute Gasteiger partial charge is 0.492 e. The van der Waals surface area contributed by atoms with E-state index in [9.17, 15) is 4.79 Å². The summed E-state index contributed by atoms with van der Waals surface area (Å²) in [4.78, 5) is 11.6. The van der Waals surface area contributed by atoms with Gasteiger partial charge in [-0.3, -0.25) is 4.79 Å². The van der Waals surface area contributed by atoms with Crippen molar-refractivity contribution in [3.05, 3.63) is 58.0 Å². The van der Waals surface area contributed by atoms with E-state index in [1.807, 2.05) is 12.1 Å². The fourth-order valence-electron chi connectivity index (χ4n) is 1.65. The molecule has 0 aromatic heterocycles. The van der Waals surface area contributed by atoms with Gasteiger partial charge < -0.3 is 14.8 Å². The lowest BCUT2D eigenvalue weighted by molar-refractivity contribution is -0.123. The van der Waals surface area contributed by atoms with E-state index in [-0.39, 0.29) is 12.5 Å². The predicted octanol–water partition coefficient (Wildman–Crippen LogP) is 3.68. The number of ether oxygens (including phenoxy) is 2. The molecule has 0 aliphatic rings. The molecule has 0 spiro atoms. The standard InChI is InChI=1S/C16H15BrClNO3/c17-12-2-1-3-15(10-12)22-11-16(20)19-8-9-21-14-6-4-13(18)5-7-14/h1-7,10H,8-9,11H2,(H,19,20). The Morgan fingerprint density at radius 1 is 1.09 bits per heavy atom. The monoisotopic (exact) mass is 383 g/mol. The number of amides is 1. The van der Waals surface area contributed by atoms with Crippen LogP contribution >= 0.6 is 27.5 Å². The molecule has 2 rings (SSSR count). The maximum Gasteiger partial charge on any atom is 0.258 e. The van der Waals surface area contributed by atoms with Crippen molar-refractivity contribution in [1.29, 1.82) is 0 Å². The number of hydrogen-bond acceptors (Lipinski definition) is 3. The zero-order valence-electron chi connectivity index (χ0n) is 11.7. The topological polar surface area (TPSA) is 47.6 Å². The Hall–Kier alpha value is -1.72. The second kappa shape index (κ2) is 8.66. The minimum Gasteiger partial charge on any atom is -0.492 e. The van der Waals surface area contributed by atoms with Gasteiger partial charge >= 0.3 is 0 Å². The molecular formula is C16H15BrClNO3. The molecule has 0 bridgehead atoms. The Morgan fingerprint density at radius 2 is 1.86 bits per heavy atom. The van der Waals surface area contributed by atoms with Crippen LogP contribution in [0.3, 0.4) is 0 Å². The first-order valence-electron chi connectivity index (χ1n) is 6.67. The van der Waals surface area contributed by atoms with Crippen LogP contribution in [-0.4, -0.2) is 25.7 Å². The molecular weight excluding hydrogens is 370 g/mol. The van der Waals surface area contributed by atoms with Gasteiger partial charge in [0.05, 0.1) is 6.54 Å². The Labute approximate surface area is 142 Å². The summed E-state index contributed by atoms with van der Waals surface area (Å²) in [5, 5.41) is 3.38. The van der Waals surface area contributed by atoms with E-state index >= 15 is 0 Å². The number of rotatable bonds is 7. The molecule has 0 heterocycles. The third-order valence-corrected chi connectivity index (χ3v) is 3.42. The smallest absolute Gasteiger partial charge is 0.258 e. The summed E-state index contributed by atoms with van der Waals surface area (Å²) < 4.78 is 11.8. The first-order chi connectivity index (χ1) is 10.6. The average molecular weight is 385 g/mol. The SMILES string of the molecule is O=C(COc1cccc(Br)c1)NCCOc1ccc(Cl)cc1. The van der Waals surface area contributed by atoms with E-state index in [4.69, 9.17) is 21.1 Å². The molecule has 2 aromatic rings. The van der Waals surface area contributed by atoms with Crippen LogP contribution in [-0.2, 0) is 4.79 Å². The number of halogens is 2. The summed E-state index contributed by atoms with van der Waals surface area (Å²) in [6.45, 7) is 0.755. The molecule has 0 radical (unpaired) electrons. The molecule has 22 heavy (non-hydrogen) atoms. The fraction of sp³-hybridized carbons (Fsp3) is 0.188. The zero-order chi connectivity index (χ0) is 15.8. The van der Waals surface area contributed by atoms with Gasteiger partial charge in [-0.1, -0.05) is 33.6 Å². The van der Waals surface area contributed by atoms with Crippen LogP contribution in [0.5, 0.6) is 11.5 Å². The molecule has 1 amide bonds. The molecule has 0 saturated carbocycles. The number of carbonyl (C=O) groups excluding carboxylic acids is 1. The predicted molar refractivity (Wildman–Crippen MR) is 89.6 cm³/mol. The van der Waals surface area contributed by atoms with Gasteiger partial charge in [-0.05, 0) is 42.5 Å². The summed E-state index contributed by atoms with van der Waals surface area (Å²) in [6, 6.07) is 14.4. The van der Waals surface area contributed by atoms with Gasteiger partial charge in [0.1, 0.15) is 18.1 Å². The average Bonchev–Trinajstić information content (AvgIpc) is 2.51. The van der Waals surface area contributed by atoms with Crippen LogP contribution < -0.4 is 14.8 Å². The molecule has 2 aromatic carbocycles. The van der Waals surface area contributed by atoms with Crippen molar-refractivity contribution in [2.24, 2.45) is 0 Å². The van der Waals surface area contributed by atoms with Crippen molar-refractivity contribution in [2.45, 2.75) is 0 Å². The maximum absolute atomic E-state index is 11.6. The van der Waals surface area contributed by atoms with Crippen molar-refractivity contribution in [3.8, 4) is 11.5 Å². The second-order valence-electron chi connectivity index (χ2n) is 4.40. The molecule has 6 heteroatoms. The third kappa shape index (κ3) is 5.95. The molecule has 0 fully saturated rings. The lowest BCUT2D eigenvalue weighted by Gasteiger charge is -2.09. The van der Waals surface area contributed by atoms with Gasteiger partial charge in [0.15, 0.2) is 6.61 Å². The van der Waals surface area contributed by atoms with Gasteiger partial charge in [0.2, 0.25) is 0 Å². The summed E-state index contributed by atoms with van der Waals surface area (Å²) in [6.07, 6.45) is 0. The normalized spacial score (nSPS) is 10.1. The lowest BCUT2D eigenvalue weighted by Crippen LogP contribution is -2.32. The van der Waals surface area contributed by atoms with Gasteiger partial charge in [0, 0.05) is 9.50 Å². The van der Waals surface area contributed by atoms with Crippen molar-refractivity contribution >= 4 is 33.4 Å². The van der Waals surface area contributed by atoms with Crippen LogP contribution in [0, 0.1) is 0 Å². The number of hydrogen-bond donors (Lipinski definition) is 1. The molecule has 0 aliphatic heterocycles. The van der Waals surface area contributed by atoms with Crippen LogP contribution in [0.15, 0.2) is 53.0 Å². The zero-order valence-corrected chi connectivity index (χ0v) is 14.1. The third-order valence-electron chi connectivity index (χ3n) is 2.67. The minimum absolute atomic E-state index is 0.0304. The van der Waals surface area contributed by atoms with E-state index in [0.717, 1.165) is 4.47 Å². The van der Waals surface area contributed by atoms with E-state index < -0.39 is 0 Å². The van der Waals surface area contributed by atoms with Crippen molar-refractivity contribution in [3.63, 3.8) is 0 Å². The van der Waals surface area contributed by atoms with E-state index in [1.165, 1.54) is 0 Å². The highest BCUT2D eigenvalue weighted by atomic mass is 79.9. The summed E-state index contributed by atoms with van der Waals surface area (Å²) in [7, 11) is 0. The highest BCUT2D eigenvalue weighted by Crippen LogP contribution is 2.17. The van der Waals surface area contributed by atoms with Crippen molar-refractivity contribution in [1.82, 2.24) is 5.32 Å². The Morgan fingerprint density at radius 3 is 2.59 bits per heavy atom. The van der Waals surface area contributed by atoms with Crippen molar-refractivity contribution in [2.75, 3.05) is 19.8 Å². The van der Waals surface area contributed by atoms with E-state index in [1.54, 1.807) is 36.4 Å². The van der Waals surface area contributed by atoms with Crippen molar-refractivity contribution < 1.29 is 14.3 Å². The first kappa shape index (κ1) is 16.6. The Kier molecular flexibility index (Phi) is 6.55. The highest BCUT2D eigenvalue weighted by molar-refractivity contribution is 9.10. The molecule has 0 aliphatic carbocycles. The first-order valence-corrected chi connectivity index (χ1v) is 7.84. The summed E-state index contributed by atoms with van der Waals surface area (Å²) in [5.41, 5.74) is 0. The van der Waals surface area contributed by atoms with Gasteiger partial charge in [0.25, 0.3) is 5.91 Å². The summed E-state index contributed by atoms with van der Waals surface area (Å²) >= 11 is 9.12. The Balaban J connectivity index is 1.62. The number of nitrogens with one attached hydrogen (secondary N) is 1. The van der Waals surface area contributed by atoms with Crippen LogP contribution in [0.4, 0.5) is 0 Å². The molecule has 0 unspecified atom stereocenters. The lowest BCUT2D eigenvalue weighted by atomic mass is 10.3. The molecule has 1 N–H and O–H groups in total.